The zero-order chi connectivity index (χ0) is 14.7. The molecule has 1 saturated carbocycles. The Morgan fingerprint density at radius 1 is 1.14 bits per heavy atom. The number of aromatic nitrogens is 2. The molecule has 2 N–H and O–H groups in total. The third-order valence-electron chi connectivity index (χ3n) is 3.46. The van der Waals surface area contributed by atoms with Crippen LogP contribution in [0.1, 0.15) is 36.9 Å². The molecular formula is C16H19FN4. The van der Waals surface area contributed by atoms with E-state index in [9.17, 15) is 4.39 Å². The summed E-state index contributed by atoms with van der Waals surface area (Å²) in [6.07, 6.45) is 2.42. The first kappa shape index (κ1) is 13.8. The van der Waals surface area contributed by atoms with Crippen molar-refractivity contribution in [3.05, 3.63) is 47.4 Å². The molecule has 0 amide bonds. The molecule has 2 aromatic rings. The second-order valence-electron chi connectivity index (χ2n) is 5.29. The lowest BCUT2D eigenvalue weighted by molar-refractivity contribution is 0.627. The van der Waals surface area contributed by atoms with E-state index >= 15 is 0 Å². The fraction of sp³-hybridized carbons (Fsp3) is 0.375. The van der Waals surface area contributed by atoms with Crippen LogP contribution in [-0.4, -0.2) is 16.5 Å². The van der Waals surface area contributed by atoms with E-state index in [1.54, 1.807) is 12.1 Å². The minimum absolute atomic E-state index is 0.216. The van der Waals surface area contributed by atoms with Crippen LogP contribution >= 0.6 is 0 Å². The van der Waals surface area contributed by atoms with Gasteiger partial charge in [-0.1, -0.05) is 12.1 Å². The minimum Gasteiger partial charge on any atom is -0.366 e. The largest absolute Gasteiger partial charge is 0.366 e. The first-order valence-corrected chi connectivity index (χ1v) is 7.36. The number of rotatable bonds is 6. The lowest BCUT2D eigenvalue weighted by Gasteiger charge is -2.10. The predicted molar refractivity (Wildman–Crippen MR) is 81.9 cm³/mol. The smallest absolute Gasteiger partial charge is 0.224 e. The molecule has 1 aliphatic carbocycles. The van der Waals surface area contributed by atoms with Gasteiger partial charge in [-0.15, -0.1) is 0 Å². The SMILES string of the molecule is CCNc1nc(NCc2ccc(F)cc2)cc(C2CC2)n1. The normalized spacial score (nSPS) is 14.0. The molecule has 0 saturated heterocycles. The molecule has 110 valence electrons. The zero-order valence-electron chi connectivity index (χ0n) is 12.1. The van der Waals surface area contributed by atoms with Crippen LogP contribution in [0.15, 0.2) is 30.3 Å². The summed E-state index contributed by atoms with van der Waals surface area (Å²) in [5, 5.41) is 6.45. The van der Waals surface area contributed by atoms with Gasteiger partial charge >= 0.3 is 0 Å². The van der Waals surface area contributed by atoms with E-state index in [-0.39, 0.29) is 5.82 Å². The molecule has 0 atom stereocenters. The van der Waals surface area contributed by atoms with E-state index in [2.05, 4.69) is 20.6 Å². The van der Waals surface area contributed by atoms with Crippen molar-refractivity contribution in [3.8, 4) is 0 Å². The average molecular weight is 286 g/mol. The molecule has 5 heteroatoms. The quantitative estimate of drug-likeness (QED) is 0.853. The Morgan fingerprint density at radius 3 is 2.57 bits per heavy atom. The molecule has 4 nitrogen and oxygen atoms in total. The van der Waals surface area contributed by atoms with Crippen LogP contribution in [0.5, 0.6) is 0 Å². The maximum absolute atomic E-state index is 12.9. The molecule has 0 unspecified atom stereocenters. The van der Waals surface area contributed by atoms with Gasteiger partial charge < -0.3 is 10.6 Å². The van der Waals surface area contributed by atoms with E-state index in [4.69, 9.17) is 0 Å². The van der Waals surface area contributed by atoms with Gasteiger partial charge in [-0.2, -0.15) is 4.98 Å². The molecule has 0 bridgehead atoms. The highest BCUT2D eigenvalue weighted by Crippen LogP contribution is 2.39. The molecule has 1 aromatic carbocycles. The Hall–Kier alpha value is -2.17. The van der Waals surface area contributed by atoms with Gasteiger partial charge in [0.05, 0.1) is 5.69 Å². The van der Waals surface area contributed by atoms with E-state index in [1.165, 1.54) is 25.0 Å². The van der Waals surface area contributed by atoms with Crippen molar-refractivity contribution < 1.29 is 4.39 Å². The van der Waals surface area contributed by atoms with Crippen LogP contribution in [0, 0.1) is 5.82 Å². The Balaban J connectivity index is 1.72. The van der Waals surface area contributed by atoms with Gasteiger partial charge in [-0.05, 0) is 37.5 Å². The molecule has 1 fully saturated rings. The number of anilines is 2. The van der Waals surface area contributed by atoms with Crippen LogP contribution in [0.4, 0.5) is 16.2 Å². The Labute approximate surface area is 123 Å². The molecule has 0 aliphatic heterocycles. The van der Waals surface area contributed by atoms with Crippen LogP contribution in [0.3, 0.4) is 0 Å². The Bertz CT molecular complexity index is 608. The van der Waals surface area contributed by atoms with E-state index in [1.807, 2.05) is 13.0 Å². The number of hydrogen-bond donors (Lipinski definition) is 2. The average Bonchev–Trinajstić information content (AvgIpc) is 3.31. The molecule has 3 rings (SSSR count). The van der Waals surface area contributed by atoms with Gasteiger partial charge in [0.15, 0.2) is 0 Å². The summed E-state index contributed by atoms with van der Waals surface area (Å²) in [6, 6.07) is 8.50. The third kappa shape index (κ3) is 3.68. The maximum atomic E-state index is 12.9. The summed E-state index contributed by atoms with van der Waals surface area (Å²) >= 11 is 0. The molecule has 0 spiro atoms. The van der Waals surface area contributed by atoms with Gasteiger partial charge in [0.2, 0.25) is 5.95 Å². The van der Waals surface area contributed by atoms with E-state index in [0.29, 0.717) is 18.4 Å². The standard InChI is InChI=1S/C16H19FN4/c1-2-18-16-20-14(12-5-6-12)9-15(21-16)19-10-11-3-7-13(17)8-4-11/h3-4,7-9,12H,2,5-6,10H2,1H3,(H2,18,19,20,21). The molecule has 21 heavy (non-hydrogen) atoms. The number of benzene rings is 1. The first-order valence-electron chi connectivity index (χ1n) is 7.36. The third-order valence-corrected chi connectivity index (χ3v) is 3.46. The summed E-state index contributed by atoms with van der Waals surface area (Å²) in [5.41, 5.74) is 2.12. The van der Waals surface area contributed by atoms with Crippen molar-refractivity contribution in [3.63, 3.8) is 0 Å². The van der Waals surface area contributed by atoms with Crippen LogP contribution in [-0.2, 0) is 6.54 Å². The first-order chi connectivity index (χ1) is 10.2. The highest BCUT2D eigenvalue weighted by atomic mass is 19.1. The van der Waals surface area contributed by atoms with Gasteiger partial charge in [-0.3, -0.25) is 0 Å². The summed E-state index contributed by atoms with van der Waals surface area (Å²) < 4.78 is 12.9. The van der Waals surface area contributed by atoms with Crippen LogP contribution < -0.4 is 10.6 Å². The Morgan fingerprint density at radius 2 is 1.90 bits per heavy atom. The van der Waals surface area contributed by atoms with Crippen LogP contribution in [0.2, 0.25) is 0 Å². The van der Waals surface area contributed by atoms with Crippen molar-refractivity contribution >= 4 is 11.8 Å². The minimum atomic E-state index is -0.216. The fourth-order valence-electron chi connectivity index (χ4n) is 2.18. The van der Waals surface area contributed by atoms with Crippen LogP contribution in [0.25, 0.3) is 0 Å². The monoisotopic (exact) mass is 286 g/mol. The molecular weight excluding hydrogens is 267 g/mol. The fourth-order valence-corrected chi connectivity index (χ4v) is 2.18. The van der Waals surface area contributed by atoms with E-state index < -0.39 is 0 Å². The van der Waals surface area contributed by atoms with Crippen molar-refractivity contribution in [1.82, 2.24) is 9.97 Å². The molecule has 0 radical (unpaired) electrons. The number of hydrogen-bond acceptors (Lipinski definition) is 4. The topological polar surface area (TPSA) is 49.8 Å². The van der Waals surface area contributed by atoms with Gasteiger partial charge in [0, 0.05) is 25.1 Å². The number of halogens is 1. The second-order valence-corrected chi connectivity index (χ2v) is 5.29. The molecule has 1 aromatic heterocycles. The summed E-state index contributed by atoms with van der Waals surface area (Å²) in [4.78, 5) is 9.00. The van der Waals surface area contributed by atoms with Gasteiger partial charge in [-0.25, -0.2) is 9.37 Å². The number of nitrogens with zero attached hydrogens (tertiary/aromatic N) is 2. The maximum Gasteiger partial charge on any atom is 0.224 e. The lowest BCUT2D eigenvalue weighted by Crippen LogP contribution is -2.08. The number of nitrogens with one attached hydrogen (secondary N) is 2. The van der Waals surface area contributed by atoms with Crippen molar-refractivity contribution in [1.29, 1.82) is 0 Å². The Kier molecular flexibility index (Phi) is 3.99. The summed E-state index contributed by atoms with van der Waals surface area (Å²) in [7, 11) is 0. The predicted octanol–water partition coefficient (Wildman–Crippen LogP) is 3.54. The van der Waals surface area contributed by atoms with E-state index in [0.717, 1.165) is 23.6 Å². The zero-order valence-corrected chi connectivity index (χ0v) is 12.1. The molecule has 1 heterocycles. The highest BCUT2D eigenvalue weighted by molar-refractivity contribution is 5.44. The van der Waals surface area contributed by atoms with Gasteiger partial charge in [0.1, 0.15) is 11.6 Å². The lowest BCUT2D eigenvalue weighted by atomic mass is 10.2. The van der Waals surface area contributed by atoms with Crippen molar-refractivity contribution in [2.45, 2.75) is 32.2 Å². The second kappa shape index (κ2) is 6.08. The van der Waals surface area contributed by atoms with Crippen molar-refractivity contribution in [2.24, 2.45) is 0 Å². The highest BCUT2D eigenvalue weighted by Gasteiger charge is 2.26. The summed E-state index contributed by atoms with van der Waals surface area (Å²) in [5.74, 6) is 1.85. The van der Waals surface area contributed by atoms with Crippen molar-refractivity contribution in [2.75, 3.05) is 17.2 Å². The van der Waals surface area contributed by atoms with Gasteiger partial charge in [0.25, 0.3) is 0 Å². The summed E-state index contributed by atoms with van der Waals surface area (Å²) in [6.45, 7) is 3.44. The molecule has 1 aliphatic rings.